The first-order valence-electron chi connectivity index (χ1n) is 4.40. The lowest BCUT2D eigenvalue weighted by molar-refractivity contribution is 0.624. The van der Waals surface area contributed by atoms with Gasteiger partial charge in [-0.25, -0.2) is 4.39 Å². The second kappa shape index (κ2) is 3.98. The molecule has 15 heavy (non-hydrogen) atoms. The van der Waals surface area contributed by atoms with Gasteiger partial charge in [0.1, 0.15) is 11.5 Å². The van der Waals surface area contributed by atoms with Crippen LogP contribution in [0.4, 0.5) is 4.39 Å². The molecule has 0 bridgehead atoms. The number of aryl methyl sites for hydroxylation is 1. The van der Waals surface area contributed by atoms with Crippen LogP contribution in [0, 0.1) is 5.82 Å². The van der Waals surface area contributed by atoms with Gasteiger partial charge < -0.3 is 0 Å². The third kappa shape index (κ3) is 1.99. The second-order valence-electron chi connectivity index (χ2n) is 3.21. The van der Waals surface area contributed by atoms with Crippen molar-refractivity contribution in [2.45, 2.75) is 5.88 Å². The van der Waals surface area contributed by atoms with Crippen molar-refractivity contribution in [3.05, 3.63) is 36.0 Å². The van der Waals surface area contributed by atoms with E-state index in [2.05, 4.69) is 10.1 Å². The van der Waals surface area contributed by atoms with Crippen molar-refractivity contribution in [3.8, 4) is 11.3 Å². The molecule has 5 heteroatoms. The van der Waals surface area contributed by atoms with Crippen LogP contribution in [0.2, 0.25) is 0 Å². The van der Waals surface area contributed by atoms with Gasteiger partial charge >= 0.3 is 0 Å². The summed E-state index contributed by atoms with van der Waals surface area (Å²) in [5.74, 6) is -0.113. The highest BCUT2D eigenvalue weighted by atomic mass is 35.5. The maximum atomic E-state index is 13.6. The molecule has 0 fully saturated rings. The number of hydrogen-bond acceptors (Lipinski definition) is 2. The Kier molecular flexibility index (Phi) is 2.68. The van der Waals surface area contributed by atoms with Gasteiger partial charge in [-0.1, -0.05) is 0 Å². The fraction of sp³-hybridized carbons (Fsp3) is 0.200. The largest absolute Gasteiger partial charge is 0.275 e. The lowest BCUT2D eigenvalue weighted by atomic mass is 10.2. The third-order valence-corrected chi connectivity index (χ3v) is 2.34. The minimum absolute atomic E-state index is 0.261. The van der Waals surface area contributed by atoms with Gasteiger partial charge in [0, 0.05) is 30.9 Å². The van der Waals surface area contributed by atoms with Crippen molar-refractivity contribution in [2.75, 3.05) is 0 Å². The lowest BCUT2D eigenvalue weighted by Gasteiger charge is -2.00. The predicted octanol–water partition coefficient (Wildman–Crippen LogP) is 2.36. The topological polar surface area (TPSA) is 30.7 Å². The van der Waals surface area contributed by atoms with Crippen molar-refractivity contribution >= 4 is 11.6 Å². The van der Waals surface area contributed by atoms with E-state index in [4.69, 9.17) is 11.6 Å². The molecule has 0 spiro atoms. The fourth-order valence-electron chi connectivity index (χ4n) is 1.31. The maximum absolute atomic E-state index is 13.6. The molecule has 3 nitrogen and oxygen atoms in total. The number of rotatable bonds is 2. The van der Waals surface area contributed by atoms with Gasteiger partial charge in [-0.3, -0.25) is 9.67 Å². The highest BCUT2D eigenvalue weighted by molar-refractivity contribution is 6.17. The molecule has 2 aromatic rings. The van der Waals surface area contributed by atoms with Crippen molar-refractivity contribution in [2.24, 2.45) is 7.05 Å². The van der Waals surface area contributed by atoms with Crippen LogP contribution < -0.4 is 0 Å². The Balaban J connectivity index is 2.45. The summed E-state index contributed by atoms with van der Waals surface area (Å²) in [6, 6.07) is 1.39. The van der Waals surface area contributed by atoms with Crippen LogP contribution in [-0.4, -0.2) is 14.8 Å². The molecule has 0 aromatic carbocycles. The van der Waals surface area contributed by atoms with Crippen molar-refractivity contribution < 1.29 is 4.39 Å². The highest BCUT2D eigenvalue weighted by Gasteiger charge is 2.09. The summed E-state index contributed by atoms with van der Waals surface area (Å²) in [6.07, 6.45) is 4.86. The Morgan fingerprint density at radius 3 is 2.80 bits per heavy atom. The highest BCUT2D eigenvalue weighted by Crippen LogP contribution is 2.20. The molecular weight excluding hydrogens is 217 g/mol. The molecule has 0 aliphatic carbocycles. The first kappa shape index (κ1) is 10.1. The molecular formula is C10H9ClFN3. The summed E-state index contributed by atoms with van der Waals surface area (Å²) < 4.78 is 15.2. The summed E-state index contributed by atoms with van der Waals surface area (Å²) in [4.78, 5) is 4.02. The van der Waals surface area contributed by atoms with Crippen molar-refractivity contribution in [1.29, 1.82) is 0 Å². The van der Waals surface area contributed by atoms with E-state index in [1.165, 1.54) is 6.07 Å². The van der Waals surface area contributed by atoms with Gasteiger partial charge in [0.05, 0.1) is 6.20 Å². The van der Waals surface area contributed by atoms with Gasteiger partial charge in [0.2, 0.25) is 0 Å². The average Bonchev–Trinajstić information content (AvgIpc) is 2.64. The molecule has 0 saturated carbocycles. The zero-order valence-corrected chi connectivity index (χ0v) is 8.87. The molecule has 0 amide bonds. The van der Waals surface area contributed by atoms with Gasteiger partial charge in [0.25, 0.3) is 0 Å². The fourth-order valence-corrected chi connectivity index (χ4v) is 1.45. The molecule has 0 saturated heterocycles. The van der Waals surface area contributed by atoms with Gasteiger partial charge in [-0.2, -0.15) is 5.10 Å². The van der Waals surface area contributed by atoms with Crippen molar-refractivity contribution in [3.63, 3.8) is 0 Å². The molecule has 0 aliphatic heterocycles. The Morgan fingerprint density at radius 1 is 1.47 bits per heavy atom. The van der Waals surface area contributed by atoms with Crippen LogP contribution in [0.25, 0.3) is 11.3 Å². The Labute approximate surface area is 91.5 Å². The van der Waals surface area contributed by atoms with Crippen LogP contribution in [-0.2, 0) is 12.9 Å². The zero-order valence-electron chi connectivity index (χ0n) is 8.11. The first-order valence-corrected chi connectivity index (χ1v) is 4.93. The maximum Gasteiger partial charge on any atom is 0.149 e. The van der Waals surface area contributed by atoms with Gasteiger partial charge in [-0.15, -0.1) is 11.6 Å². The minimum Gasteiger partial charge on any atom is -0.275 e. The summed E-state index contributed by atoms with van der Waals surface area (Å²) in [5, 5.41) is 3.96. The molecule has 0 radical (unpaired) electrons. The summed E-state index contributed by atoms with van der Waals surface area (Å²) in [5.41, 5.74) is 1.63. The lowest BCUT2D eigenvalue weighted by Crippen LogP contribution is -1.91. The molecule has 0 aliphatic rings. The first-order chi connectivity index (χ1) is 7.20. The molecule has 78 valence electrons. The van der Waals surface area contributed by atoms with Gasteiger partial charge in [0.15, 0.2) is 0 Å². The van der Waals surface area contributed by atoms with Crippen LogP contribution in [0.15, 0.2) is 24.7 Å². The Morgan fingerprint density at radius 2 is 2.27 bits per heavy atom. The number of alkyl halides is 1. The summed E-state index contributed by atoms with van der Waals surface area (Å²) in [7, 11) is 1.77. The van der Waals surface area contributed by atoms with E-state index >= 15 is 0 Å². The third-order valence-electron chi connectivity index (χ3n) is 2.03. The smallest absolute Gasteiger partial charge is 0.149 e. The molecule has 0 atom stereocenters. The van der Waals surface area contributed by atoms with E-state index in [9.17, 15) is 4.39 Å². The summed E-state index contributed by atoms with van der Waals surface area (Å²) in [6.45, 7) is 0. The Bertz CT molecular complexity index is 481. The number of halogens is 2. The van der Waals surface area contributed by atoms with Crippen LogP contribution in [0.1, 0.15) is 5.56 Å². The van der Waals surface area contributed by atoms with Crippen LogP contribution in [0.3, 0.4) is 0 Å². The SMILES string of the molecule is Cn1cc(-c2ncc(CCl)cc2F)cn1. The van der Waals surface area contributed by atoms with Crippen molar-refractivity contribution in [1.82, 2.24) is 14.8 Å². The summed E-state index contributed by atoms with van der Waals surface area (Å²) >= 11 is 5.58. The van der Waals surface area contributed by atoms with E-state index in [1.54, 1.807) is 30.3 Å². The second-order valence-corrected chi connectivity index (χ2v) is 3.48. The van der Waals surface area contributed by atoms with Gasteiger partial charge in [-0.05, 0) is 11.6 Å². The van der Waals surface area contributed by atoms with E-state index < -0.39 is 0 Å². The molecule has 0 N–H and O–H groups in total. The molecule has 0 unspecified atom stereocenters. The predicted molar refractivity (Wildman–Crippen MR) is 56.0 cm³/mol. The average molecular weight is 226 g/mol. The van der Waals surface area contributed by atoms with Crippen LogP contribution >= 0.6 is 11.6 Å². The zero-order chi connectivity index (χ0) is 10.8. The number of hydrogen-bond donors (Lipinski definition) is 0. The van der Waals surface area contributed by atoms with E-state index in [-0.39, 0.29) is 11.7 Å². The number of nitrogens with zero attached hydrogens (tertiary/aromatic N) is 3. The number of pyridine rings is 1. The molecule has 2 rings (SSSR count). The molecule has 2 aromatic heterocycles. The van der Waals surface area contributed by atoms with Crippen LogP contribution in [0.5, 0.6) is 0 Å². The molecule has 2 heterocycles. The quantitative estimate of drug-likeness (QED) is 0.735. The van der Waals surface area contributed by atoms with E-state index in [0.29, 0.717) is 16.8 Å². The Hall–Kier alpha value is -1.42. The monoisotopic (exact) mass is 225 g/mol. The number of aromatic nitrogens is 3. The minimum atomic E-state index is -0.374. The standard InChI is InChI=1S/C10H9ClFN3/c1-15-6-8(5-14-15)10-9(12)2-7(3-11)4-13-10/h2,4-6H,3H2,1H3. The van der Waals surface area contributed by atoms with E-state index in [1.807, 2.05) is 0 Å². The normalized spacial score (nSPS) is 10.6. The van der Waals surface area contributed by atoms with E-state index in [0.717, 1.165) is 0 Å².